The summed E-state index contributed by atoms with van der Waals surface area (Å²) >= 11 is 0. The Hall–Kier alpha value is -2.66. The first-order valence-corrected chi connectivity index (χ1v) is 8.55. The van der Waals surface area contributed by atoms with Crippen molar-refractivity contribution in [3.8, 4) is 0 Å². The number of rotatable bonds is 3. The fraction of sp³-hybridized carbons (Fsp3) is 0.300. The summed E-state index contributed by atoms with van der Waals surface area (Å²) in [7, 11) is 4.15. The van der Waals surface area contributed by atoms with E-state index in [1.165, 1.54) is 27.7 Å². The maximum Gasteiger partial charge on any atom is 0.0740 e. The summed E-state index contributed by atoms with van der Waals surface area (Å²) in [5.41, 5.74) is 6.08. The van der Waals surface area contributed by atoms with E-state index < -0.39 is 0 Å². The second-order valence-electron chi connectivity index (χ2n) is 6.73. The molecule has 5 nitrogen and oxygen atoms in total. The molecule has 3 aromatic rings. The quantitative estimate of drug-likeness (QED) is 0.734. The zero-order chi connectivity index (χ0) is 17.6. The Morgan fingerprint density at radius 1 is 1.04 bits per heavy atom. The molecule has 0 saturated carbocycles. The predicted octanol–water partition coefficient (Wildman–Crippen LogP) is 3.58. The van der Waals surface area contributed by atoms with Crippen LogP contribution in [0.3, 0.4) is 0 Å². The van der Waals surface area contributed by atoms with Crippen LogP contribution in [-0.2, 0) is 13.6 Å². The first-order chi connectivity index (χ1) is 12.0. The van der Waals surface area contributed by atoms with Gasteiger partial charge in [-0.2, -0.15) is 5.10 Å². The van der Waals surface area contributed by atoms with Gasteiger partial charge in [0.25, 0.3) is 0 Å². The number of nitrogens with zero attached hydrogens (tertiary/aromatic N) is 5. The number of hydrogen-bond acceptors (Lipinski definition) is 4. The molecule has 25 heavy (non-hydrogen) atoms. The van der Waals surface area contributed by atoms with Gasteiger partial charge in [0.2, 0.25) is 0 Å². The maximum atomic E-state index is 4.53. The van der Waals surface area contributed by atoms with E-state index in [4.69, 9.17) is 0 Å². The number of aromatic nitrogens is 3. The third kappa shape index (κ3) is 2.70. The van der Waals surface area contributed by atoms with E-state index in [1.54, 1.807) is 0 Å². The highest BCUT2D eigenvalue weighted by Gasteiger charge is 2.28. The topological polar surface area (TPSA) is 37.2 Å². The lowest BCUT2D eigenvalue weighted by molar-refractivity contribution is 0.0269. The summed E-state index contributed by atoms with van der Waals surface area (Å²) in [6, 6.07) is 11.0. The van der Waals surface area contributed by atoms with E-state index in [0.29, 0.717) is 0 Å². The molecule has 4 rings (SSSR count). The Kier molecular flexibility index (Phi) is 3.81. The molecule has 0 bridgehead atoms. The standard InChI is InChI=1S/C20H23N5/c1-14-11-20(24(4)25(14)13-16-7-9-21-10-8-16)17-5-6-19-18(12-17)15(2)22-23(19)3/h5-12,20H,13H2,1-4H3. The Balaban J connectivity index is 1.64. The van der Waals surface area contributed by atoms with Crippen LogP contribution in [0.5, 0.6) is 0 Å². The lowest BCUT2D eigenvalue weighted by atomic mass is 10.0. The van der Waals surface area contributed by atoms with Crippen molar-refractivity contribution in [1.29, 1.82) is 0 Å². The maximum absolute atomic E-state index is 4.53. The molecule has 128 valence electrons. The van der Waals surface area contributed by atoms with E-state index in [1.807, 2.05) is 24.1 Å². The lowest BCUT2D eigenvalue weighted by Gasteiger charge is -2.32. The van der Waals surface area contributed by atoms with Crippen LogP contribution in [0.1, 0.15) is 29.8 Å². The minimum atomic E-state index is 0.242. The molecule has 0 saturated heterocycles. The van der Waals surface area contributed by atoms with Crippen LogP contribution >= 0.6 is 0 Å². The number of pyridine rings is 1. The van der Waals surface area contributed by atoms with E-state index in [9.17, 15) is 0 Å². The van der Waals surface area contributed by atoms with Crippen LogP contribution in [-0.4, -0.2) is 31.8 Å². The van der Waals surface area contributed by atoms with Gasteiger partial charge in [0.1, 0.15) is 0 Å². The molecule has 0 amide bonds. The van der Waals surface area contributed by atoms with Crippen LogP contribution in [0.25, 0.3) is 10.9 Å². The second-order valence-corrected chi connectivity index (χ2v) is 6.73. The van der Waals surface area contributed by atoms with Gasteiger partial charge in [0.15, 0.2) is 0 Å². The summed E-state index contributed by atoms with van der Waals surface area (Å²) in [5.74, 6) is 0. The molecule has 1 aliphatic heterocycles. The summed E-state index contributed by atoms with van der Waals surface area (Å²) in [4.78, 5) is 4.11. The minimum absolute atomic E-state index is 0.242. The summed E-state index contributed by atoms with van der Waals surface area (Å²) in [6.45, 7) is 5.10. The van der Waals surface area contributed by atoms with Crippen molar-refractivity contribution in [2.75, 3.05) is 7.05 Å². The van der Waals surface area contributed by atoms with E-state index in [0.717, 1.165) is 12.2 Å². The van der Waals surface area contributed by atoms with Crippen LogP contribution in [0.15, 0.2) is 54.5 Å². The number of benzene rings is 1. The molecule has 0 aliphatic carbocycles. The number of hydrogen-bond donors (Lipinski definition) is 0. The van der Waals surface area contributed by atoms with Crippen LogP contribution < -0.4 is 0 Å². The largest absolute Gasteiger partial charge is 0.305 e. The van der Waals surface area contributed by atoms with Crippen molar-refractivity contribution in [2.45, 2.75) is 26.4 Å². The molecule has 1 unspecified atom stereocenters. The molecular formula is C20H23N5. The monoisotopic (exact) mass is 333 g/mol. The van der Waals surface area contributed by atoms with E-state index in [2.05, 4.69) is 77.4 Å². The molecule has 2 aromatic heterocycles. The zero-order valence-corrected chi connectivity index (χ0v) is 15.1. The first kappa shape index (κ1) is 15.8. The molecule has 0 N–H and O–H groups in total. The Bertz CT molecular complexity index is 941. The number of fused-ring (bicyclic) bond motifs is 1. The summed E-state index contributed by atoms with van der Waals surface area (Å²) in [5, 5.41) is 10.4. The van der Waals surface area contributed by atoms with Gasteiger partial charge < -0.3 is 5.01 Å². The zero-order valence-electron chi connectivity index (χ0n) is 15.1. The molecule has 3 heterocycles. The smallest absolute Gasteiger partial charge is 0.0740 e. The molecular weight excluding hydrogens is 310 g/mol. The van der Waals surface area contributed by atoms with Gasteiger partial charge in [-0.1, -0.05) is 6.07 Å². The third-order valence-electron chi connectivity index (χ3n) is 5.07. The van der Waals surface area contributed by atoms with Gasteiger partial charge in [-0.3, -0.25) is 9.67 Å². The van der Waals surface area contributed by atoms with E-state index in [-0.39, 0.29) is 6.04 Å². The van der Waals surface area contributed by atoms with Crippen LogP contribution in [0, 0.1) is 6.92 Å². The second kappa shape index (κ2) is 6.01. The van der Waals surface area contributed by atoms with Crippen molar-refractivity contribution in [3.05, 3.63) is 71.3 Å². The number of aryl methyl sites for hydroxylation is 2. The molecule has 5 heteroatoms. The Labute approximate surface area is 148 Å². The van der Waals surface area contributed by atoms with Crippen molar-refractivity contribution in [3.63, 3.8) is 0 Å². The lowest BCUT2D eigenvalue weighted by Crippen LogP contribution is -2.34. The highest BCUT2D eigenvalue weighted by molar-refractivity contribution is 5.82. The van der Waals surface area contributed by atoms with Gasteiger partial charge in [-0.25, -0.2) is 5.01 Å². The van der Waals surface area contributed by atoms with Gasteiger partial charge in [-0.05, 0) is 55.3 Å². The third-order valence-corrected chi connectivity index (χ3v) is 5.07. The molecule has 1 atom stereocenters. The molecule has 1 aliphatic rings. The van der Waals surface area contributed by atoms with Gasteiger partial charge >= 0.3 is 0 Å². The molecule has 0 fully saturated rings. The van der Waals surface area contributed by atoms with Crippen LogP contribution in [0.2, 0.25) is 0 Å². The number of allylic oxidation sites excluding steroid dienone is 1. The van der Waals surface area contributed by atoms with Gasteiger partial charge in [0, 0.05) is 37.6 Å². The highest BCUT2D eigenvalue weighted by atomic mass is 15.6. The average Bonchev–Trinajstić information content (AvgIpc) is 3.06. The normalized spacial score (nSPS) is 18.2. The van der Waals surface area contributed by atoms with Gasteiger partial charge in [-0.15, -0.1) is 0 Å². The minimum Gasteiger partial charge on any atom is -0.305 e. The average molecular weight is 333 g/mol. The summed E-state index contributed by atoms with van der Waals surface area (Å²) in [6.07, 6.45) is 6.02. The number of hydrazine groups is 1. The van der Waals surface area contributed by atoms with E-state index >= 15 is 0 Å². The highest BCUT2D eigenvalue weighted by Crippen LogP contribution is 2.34. The molecule has 0 spiro atoms. The van der Waals surface area contributed by atoms with Crippen LogP contribution in [0.4, 0.5) is 0 Å². The predicted molar refractivity (Wildman–Crippen MR) is 99.5 cm³/mol. The molecule has 1 aromatic carbocycles. The van der Waals surface area contributed by atoms with Crippen molar-refractivity contribution >= 4 is 10.9 Å². The fourth-order valence-electron chi connectivity index (χ4n) is 3.67. The van der Waals surface area contributed by atoms with Crippen molar-refractivity contribution in [1.82, 2.24) is 24.8 Å². The first-order valence-electron chi connectivity index (χ1n) is 8.55. The van der Waals surface area contributed by atoms with Crippen molar-refractivity contribution < 1.29 is 0 Å². The SMILES string of the molecule is CC1=CC(c2ccc3c(c2)c(C)nn3C)N(C)N1Cc1ccncc1. The van der Waals surface area contributed by atoms with Crippen molar-refractivity contribution in [2.24, 2.45) is 7.05 Å². The Morgan fingerprint density at radius 3 is 2.56 bits per heavy atom. The fourth-order valence-corrected chi connectivity index (χ4v) is 3.67. The van der Waals surface area contributed by atoms with Gasteiger partial charge in [0.05, 0.1) is 23.8 Å². The molecule has 0 radical (unpaired) electrons. The summed E-state index contributed by atoms with van der Waals surface area (Å²) < 4.78 is 1.95. The number of likely N-dealkylation sites (N-methyl/N-ethyl adjacent to an activating group) is 1. The Morgan fingerprint density at radius 2 is 1.80 bits per heavy atom.